The van der Waals surface area contributed by atoms with Gasteiger partial charge in [0.1, 0.15) is 0 Å². The molecule has 0 aliphatic heterocycles. The van der Waals surface area contributed by atoms with Gasteiger partial charge in [-0.15, -0.1) is 16.7 Å². The molecule has 0 bridgehead atoms. The summed E-state index contributed by atoms with van der Waals surface area (Å²) >= 11 is 5.71. The Labute approximate surface area is 103 Å². The number of primary amides is 1. The Morgan fingerprint density at radius 3 is 2.76 bits per heavy atom. The summed E-state index contributed by atoms with van der Waals surface area (Å²) < 4.78 is 6.18. The first-order valence-corrected chi connectivity index (χ1v) is 5.57. The number of ether oxygens (including phenoxy) is 1. The predicted octanol–water partition coefficient (Wildman–Crippen LogP) is 0.0690. The molecule has 0 radical (unpaired) electrons. The van der Waals surface area contributed by atoms with Gasteiger partial charge in [-0.05, 0) is 6.92 Å². The Balaban J connectivity index is 2.86. The topological polar surface area (TPSA) is 100 Å². The molecule has 1 rings (SSSR count). The average molecular weight is 261 g/mol. The number of nitrogens with two attached hydrogens (primary N) is 1. The van der Waals surface area contributed by atoms with Crippen LogP contribution in [0, 0.1) is 0 Å². The number of rotatable bonds is 6. The van der Waals surface area contributed by atoms with E-state index in [1.807, 2.05) is 0 Å². The highest BCUT2D eigenvalue weighted by molar-refractivity contribution is 6.17. The quantitative estimate of drug-likeness (QED) is 0.576. The van der Waals surface area contributed by atoms with Crippen LogP contribution >= 0.6 is 11.6 Å². The normalized spacial score (nSPS) is 10.2. The second-order valence-electron chi connectivity index (χ2n) is 3.18. The summed E-state index contributed by atoms with van der Waals surface area (Å²) in [6, 6.07) is 0. The zero-order chi connectivity index (χ0) is 12.8. The van der Waals surface area contributed by atoms with E-state index in [1.165, 1.54) is 4.68 Å². The maximum atomic E-state index is 11.5. The largest absolute Gasteiger partial charge is 0.461 e. The van der Waals surface area contributed by atoms with Crippen molar-refractivity contribution in [1.29, 1.82) is 0 Å². The van der Waals surface area contributed by atoms with E-state index >= 15 is 0 Å². The van der Waals surface area contributed by atoms with E-state index in [0.717, 1.165) is 0 Å². The van der Waals surface area contributed by atoms with Gasteiger partial charge in [0.25, 0.3) is 0 Å². The van der Waals surface area contributed by atoms with E-state index in [9.17, 15) is 9.59 Å². The minimum Gasteiger partial charge on any atom is -0.461 e. The number of nitrogens with zero attached hydrogens (tertiary/aromatic N) is 3. The van der Waals surface area contributed by atoms with Gasteiger partial charge in [-0.1, -0.05) is 5.21 Å². The Morgan fingerprint density at radius 2 is 2.24 bits per heavy atom. The molecule has 7 nitrogen and oxygen atoms in total. The highest BCUT2D eigenvalue weighted by Crippen LogP contribution is 2.10. The number of halogens is 1. The number of amides is 1. The van der Waals surface area contributed by atoms with Crippen LogP contribution in [0.4, 0.5) is 0 Å². The third-order valence-corrected chi connectivity index (χ3v) is 2.26. The van der Waals surface area contributed by atoms with Crippen molar-refractivity contribution in [2.45, 2.75) is 25.8 Å². The maximum Gasteiger partial charge on any atom is 0.360 e. The summed E-state index contributed by atoms with van der Waals surface area (Å²) in [6.07, 6.45) is 0.107. The first-order valence-electron chi connectivity index (χ1n) is 5.03. The molecule has 94 valence electrons. The Morgan fingerprint density at radius 1 is 1.53 bits per heavy atom. The van der Waals surface area contributed by atoms with Gasteiger partial charge in [-0.3, -0.25) is 4.79 Å². The van der Waals surface area contributed by atoms with Crippen molar-refractivity contribution in [2.24, 2.45) is 5.73 Å². The predicted molar refractivity (Wildman–Crippen MR) is 59.3 cm³/mol. The number of aryl methyl sites for hydroxylation is 1. The molecule has 0 saturated carbocycles. The van der Waals surface area contributed by atoms with E-state index in [-0.39, 0.29) is 31.1 Å². The van der Waals surface area contributed by atoms with Crippen LogP contribution < -0.4 is 5.73 Å². The summed E-state index contributed by atoms with van der Waals surface area (Å²) in [4.78, 5) is 22.1. The highest BCUT2D eigenvalue weighted by Gasteiger charge is 2.20. The third-order valence-electron chi connectivity index (χ3n) is 2.00. The number of esters is 1. The minimum absolute atomic E-state index is 0.0555. The van der Waals surface area contributed by atoms with Gasteiger partial charge in [0.2, 0.25) is 5.91 Å². The molecule has 0 fully saturated rings. The molecule has 8 heteroatoms. The zero-order valence-corrected chi connectivity index (χ0v) is 10.1. The summed E-state index contributed by atoms with van der Waals surface area (Å²) in [5.41, 5.74) is 5.52. The second-order valence-corrected chi connectivity index (χ2v) is 3.45. The van der Waals surface area contributed by atoms with E-state index in [2.05, 4.69) is 10.3 Å². The molecule has 1 aromatic heterocycles. The van der Waals surface area contributed by atoms with Gasteiger partial charge in [0.05, 0.1) is 24.7 Å². The van der Waals surface area contributed by atoms with Crippen LogP contribution in [0.1, 0.15) is 29.5 Å². The van der Waals surface area contributed by atoms with Crippen LogP contribution in [0.15, 0.2) is 0 Å². The highest BCUT2D eigenvalue weighted by atomic mass is 35.5. The van der Waals surface area contributed by atoms with Crippen LogP contribution in [-0.2, 0) is 22.0 Å². The van der Waals surface area contributed by atoms with E-state index < -0.39 is 11.9 Å². The molecule has 0 atom stereocenters. The van der Waals surface area contributed by atoms with Crippen LogP contribution in [-0.4, -0.2) is 33.5 Å². The molecule has 0 aliphatic carbocycles. The van der Waals surface area contributed by atoms with E-state index in [1.54, 1.807) is 6.92 Å². The molecule has 0 aliphatic rings. The molecule has 1 aromatic rings. The molecule has 0 spiro atoms. The van der Waals surface area contributed by atoms with Crippen molar-refractivity contribution in [3.63, 3.8) is 0 Å². The van der Waals surface area contributed by atoms with E-state index in [0.29, 0.717) is 5.69 Å². The lowest BCUT2D eigenvalue weighted by molar-refractivity contribution is -0.118. The zero-order valence-electron chi connectivity index (χ0n) is 9.35. The lowest BCUT2D eigenvalue weighted by atomic mass is 10.3. The molecular weight excluding hydrogens is 248 g/mol. The molecule has 2 N–H and O–H groups in total. The van der Waals surface area contributed by atoms with Crippen LogP contribution in [0.3, 0.4) is 0 Å². The van der Waals surface area contributed by atoms with Crippen LogP contribution in [0.2, 0.25) is 0 Å². The Bertz CT molecular complexity index is 418. The van der Waals surface area contributed by atoms with Crippen molar-refractivity contribution in [3.8, 4) is 0 Å². The van der Waals surface area contributed by atoms with Crippen molar-refractivity contribution in [3.05, 3.63) is 11.4 Å². The van der Waals surface area contributed by atoms with Crippen LogP contribution in [0.25, 0.3) is 0 Å². The Hall–Kier alpha value is -1.63. The van der Waals surface area contributed by atoms with Gasteiger partial charge >= 0.3 is 5.97 Å². The summed E-state index contributed by atoms with van der Waals surface area (Å²) in [6.45, 7) is 2.17. The molecule has 0 unspecified atom stereocenters. The van der Waals surface area contributed by atoms with Gasteiger partial charge in [-0.25, -0.2) is 9.48 Å². The first kappa shape index (κ1) is 13.4. The smallest absolute Gasteiger partial charge is 0.360 e. The van der Waals surface area contributed by atoms with Gasteiger partial charge in [0.15, 0.2) is 5.69 Å². The minimum atomic E-state index is -0.575. The molecular formula is C9H13ClN4O3. The summed E-state index contributed by atoms with van der Waals surface area (Å²) in [5, 5.41) is 7.42. The average Bonchev–Trinajstić information content (AvgIpc) is 2.69. The number of aromatic nitrogens is 3. The number of carbonyl (C=O) groups is 2. The molecule has 1 heterocycles. The molecule has 0 saturated heterocycles. The molecule has 1 amide bonds. The van der Waals surface area contributed by atoms with Gasteiger partial charge in [0, 0.05) is 6.42 Å². The number of hydrogen-bond acceptors (Lipinski definition) is 5. The van der Waals surface area contributed by atoms with Gasteiger partial charge < -0.3 is 10.5 Å². The standard InChI is InChI=1S/C9H13ClN4O3/c1-2-17-9(16)8-6(5-10)14(13-12-8)4-3-7(11)15/h2-5H2,1H3,(H2,11,15). The lowest BCUT2D eigenvalue weighted by Gasteiger charge is -2.03. The molecule has 0 aromatic carbocycles. The van der Waals surface area contributed by atoms with Crippen molar-refractivity contribution in [1.82, 2.24) is 15.0 Å². The molecule has 17 heavy (non-hydrogen) atoms. The van der Waals surface area contributed by atoms with Crippen molar-refractivity contribution >= 4 is 23.5 Å². The fourth-order valence-corrected chi connectivity index (χ4v) is 1.48. The number of carbonyl (C=O) groups excluding carboxylic acids is 2. The SMILES string of the molecule is CCOC(=O)c1nnn(CCC(N)=O)c1CCl. The fourth-order valence-electron chi connectivity index (χ4n) is 1.22. The Kier molecular flexibility index (Phi) is 4.89. The first-order chi connectivity index (χ1) is 8.10. The van der Waals surface area contributed by atoms with Crippen molar-refractivity contribution < 1.29 is 14.3 Å². The fraction of sp³-hybridized carbons (Fsp3) is 0.556. The lowest BCUT2D eigenvalue weighted by Crippen LogP contribution is -2.16. The maximum absolute atomic E-state index is 11.5. The summed E-state index contributed by atoms with van der Waals surface area (Å²) in [5.74, 6) is -0.980. The number of alkyl halides is 1. The third kappa shape index (κ3) is 3.42. The number of hydrogen-bond donors (Lipinski definition) is 1. The van der Waals surface area contributed by atoms with Gasteiger partial charge in [-0.2, -0.15) is 0 Å². The monoisotopic (exact) mass is 260 g/mol. The summed E-state index contributed by atoms with van der Waals surface area (Å²) in [7, 11) is 0. The van der Waals surface area contributed by atoms with Crippen molar-refractivity contribution in [2.75, 3.05) is 6.61 Å². The van der Waals surface area contributed by atoms with E-state index in [4.69, 9.17) is 22.1 Å². The van der Waals surface area contributed by atoms with Crippen LogP contribution in [0.5, 0.6) is 0 Å². The second kappa shape index (κ2) is 6.19.